The number of carbonyl (C=O) groups is 1. The van der Waals surface area contributed by atoms with Crippen LogP contribution in [0.4, 0.5) is 4.79 Å². The van der Waals surface area contributed by atoms with E-state index in [0.29, 0.717) is 11.8 Å². The van der Waals surface area contributed by atoms with Gasteiger partial charge in [0, 0.05) is 31.9 Å². The Morgan fingerprint density at radius 3 is 2.54 bits per heavy atom. The molecule has 0 aromatic rings. The first kappa shape index (κ1) is 23.7. The lowest BCUT2D eigenvalue weighted by atomic mass is 10.0. The van der Waals surface area contributed by atoms with Crippen LogP contribution in [-0.2, 0) is 4.74 Å². The first-order chi connectivity index (χ1) is 11.9. The number of amides is 1. The number of ether oxygens (including phenoxy) is 1. The van der Waals surface area contributed by atoms with E-state index in [2.05, 4.69) is 15.6 Å². The summed E-state index contributed by atoms with van der Waals surface area (Å²) < 4.78 is 5.57. The van der Waals surface area contributed by atoms with Crippen LogP contribution in [0.3, 0.4) is 0 Å². The molecule has 2 aliphatic heterocycles. The van der Waals surface area contributed by atoms with Crippen molar-refractivity contribution in [1.29, 1.82) is 0 Å². The van der Waals surface area contributed by atoms with E-state index in [9.17, 15) is 4.79 Å². The van der Waals surface area contributed by atoms with Gasteiger partial charge < -0.3 is 20.3 Å². The molecule has 1 amide bonds. The zero-order valence-electron chi connectivity index (χ0n) is 16.5. The molecule has 0 aromatic heterocycles. The van der Waals surface area contributed by atoms with Gasteiger partial charge in [0.05, 0.1) is 6.04 Å². The zero-order chi connectivity index (χ0) is 18.3. The highest BCUT2D eigenvalue weighted by atomic mass is 127. The molecule has 2 saturated heterocycles. The van der Waals surface area contributed by atoms with E-state index in [1.165, 1.54) is 18.6 Å². The van der Waals surface area contributed by atoms with Gasteiger partial charge in [0.25, 0.3) is 0 Å². The summed E-state index contributed by atoms with van der Waals surface area (Å²) in [6.45, 7) is 8.16. The molecular formula is C18H35IN4O2S. The van der Waals surface area contributed by atoms with Gasteiger partial charge in [-0.25, -0.2) is 4.79 Å². The maximum atomic E-state index is 12.5. The second-order valence-electron chi connectivity index (χ2n) is 7.79. The fourth-order valence-corrected chi connectivity index (χ4v) is 4.43. The normalized spacial score (nSPS) is 24.0. The average Bonchev–Trinajstić information content (AvgIpc) is 3.07. The summed E-state index contributed by atoms with van der Waals surface area (Å²) in [5.74, 6) is 2.09. The van der Waals surface area contributed by atoms with Crippen molar-refractivity contribution in [2.24, 2.45) is 4.99 Å². The van der Waals surface area contributed by atoms with Crippen LogP contribution in [-0.4, -0.2) is 66.3 Å². The lowest BCUT2D eigenvalue weighted by Crippen LogP contribution is -2.52. The fraction of sp³-hybridized carbons (Fsp3) is 0.889. The van der Waals surface area contributed by atoms with Gasteiger partial charge in [0.1, 0.15) is 5.60 Å². The van der Waals surface area contributed by atoms with Gasteiger partial charge >= 0.3 is 6.09 Å². The van der Waals surface area contributed by atoms with Crippen LogP contribution < -0.4 is 10.6 Å². The number of rotatable bonds is 4. The molecule has 8 heteroatoms. The molecule has 2 N–H and O–H groups in total. The number of guanidine groups is 1. The number of nitrogens with one attached hydrogen (secondary N) is 2. The number of thioether (sulfide) groups is 1. The minimum Gasteiger partial charge on any atom is -0.444 e. The predicted octanol–water partition coefficient (Wildman–Crippen LogP) is 3.45. The Bertz CT molecular complexity index is 465. The number of hydrogen-bond acceptors (Lipinski definition) is 4. The Balaban J connectivity index is 0.00000338. The molecule has 0 bridgehead atoms. The molecule has 0 saturated carbocycles. The standard InChI is InChI=1S/C18H34N4O2S.HI/c1-18(2,3)24-17(23)22-10-6-5-8-14(22)12-20-16(19-4)21-13-15-9-7-11-25-15;/h14-15H,5-13H2,1-4H3,(H2,19,20,21);1H. The molecule has 2 heterocycles. The highest BCUT2D eigenvalue weighted by molar-refractivity contribution is 14.0. The van der Waals surface area contributed by atoms with Gasteiger partial charge in [0.2, 0.25) is 0 Å². The quantitative estimate of drug-likeness (QED) is 0.353. The average molecular weight is 498 g/mol. The fourth-order valence-electron chi connectivity index (χ4n) is 3.22. The van der Waals surface area contributed by atoms with Crippen molar-refractivity contribution in [3.63, 3.8) is 0 Å². The SMILES string of the molecule is CN=C(NCC1CCCS1)NCC1CCCCN1C(=O)OC(C)(C)C.I. The monoisotopic (exact) mass is 498 g/mol. The van der Waals surface area contributed by atoms with Gasteiger partial charge in [-0.2, -0.15) is 11.8 Å². The number of aliphatic imine (C=N–C) groups is 1. The maximum absolute atomic E-state index is 12.5. The molecule has 0 radical (unpaired) electrons. The molecule has 0 spiro atoms. The largest absolute Gasteiger partial charge is 0.444 e. The van der Waals surface area contributed by atoms with Gasteiger partial charge in [-0.1, -0.05) is 0 Å². The lowest BCUT2D eigenvalue weighted by molar-refractivity contribution is 0.0104. The number of likely N-dealkylation sites (tertiary alicyclic amines) is 1. The van der Waals surface area contributed by atoms with E-state index in [4.69, 9.17) is 4.74 Å². The molecule has 6 nitrogen and oxygen atoms in total. The third-order valence-electron chi connectivity index (χ3n) is 4.51. The van der Waals surface area contributed by atoms with Crippen LogP contribution in [0, 0.1) is 0 Å². The van der Waals surface area contributed by atoms with Gasteiger partial charge in [-0.3, -0.25) is 4.99 Å². The molecule has 2 aliphatic rings. The third-order valence-corrected chi connectivity index (χ3v) is 5.90. The Hall–Kier alpha value is -0.380. The highest BCUT2D eigenvalue weighted by Crippen LogP contribution is 2.25. The van der Waals surface area contributed by atoms with E-state index in [1.54, 1.807) is 7.05 Å². The van der Waals surface area contributed by atoms with Crippen molar-refractivity contribution in [2.75, 3.05) is 32.4 Å². The van der Waals surface area contributed by atoms with Crippen molar-refractivity contribution < 1.29 is 9.53 Å². The van der Waals surface area contributed by atoms with Crippen molar-refractivity contribution in [3.05, 3.63) is 0 Å². The Morgan fingerprint density at radius 2 is 1.92 bits per heavy atom. The minimum absolute atomic E-state index is 0. The summed E-state index contributed by atoms with van der Waals surface area (Å²) in [5.41, 5.74) is -0.455. The van der Waals surface area contributed by atoms with Crippen LogP contribution in [0.5, 0.6) is 0 Å². The molecule has 2 fully saturated rings. The van der Waals surface area contributed by atoms with E-state index in [1.807, 2.05) is 37.4 Å². The molecule has 2 atom stereocenters. The Kier molecular flexibility index (Phi) is 10.4. The van der Waals surface area contributed by atoms with E-state index in [0.717, 1.165) is 38.3 Å². The number of nitrogens with zero attached hydrogens (tertiary/aromatic N) is 2. The van der Waals surface area contributed by atoms with E-state index in [-0.39, 0.29) is 36.1 Å². The summed E-state index contributed by atoms with van der Waals surface area (Å²) >= 11 is 2.04. The topological polar surface area (TPSA) is 66.0 Å². The van der Waals surface area contributed by atoms with E-state index >= 15 is 0 Å². The third kappa shape index (κ3) is 8.10. The van der Waals surface area contributed by atoms with Gasteiger partial charge in [-0.05, 0) is 58.6 Å². The molecule has 0 aromatic carbocycles. The van der Waals surface area contributed by atoms with Crippen molar-refractivity contribution in [3.8, 4) is 0 Å². The molecular weight excluding hydrogens is 463 g/mol. The Labute approximate surface area is 179 Å². The van der Waals surface area contributed by atoms with Crippen molar-refractivity contribution in [2.45, 2.75) is 69.8 Å². The van der Waals surface area contributed by atoms with Crippen LogP contribution in [0.25, 0.3) is 0 Å². The lowest BCUT2D eigenvalue weighted by Gasteiger charge is -2.37. The zero-order valence-corrected chi connectivity index (χ0v) is 19.7. The van der Waals surface area contributed by atoms with Crippen LogP contribution in [0.2, 0.25) is 0 Å². The molecule has 2 unspecified atom stereocenters. The van der Waals surface area contributed by atoms with Gasteiger partial charge in [-0.15, -0.1) is 24.0 Å². The molecule has 0 aliphatic carbocycles. The first-order valence-electron chi connectivity index (χ1n) is 9.45. The predicted molar refractivity (Wildman–Crippen MR) is 121 cm³/mol. The summed E-state index contributed by atoms with van der Waals surface area (Å²) in [4.78, 5) is 18.7. The highest BCUT2D eigenvalue weighted by Gasteiger charge is 2.30. The summed E-state index contributed by atoms with van der Waals surface area (Å²) in [6.07, 6.45) is 5.59. The van der Waals surface area contributed by atoms with Crippen LogP contribution in [0.15, 0.2) is 4.99 Å². The summed E-state index contributed by atoms with van der Waals surface area (Å²) in [7, 11) is 1.80. The second kappa shape index (κ2) is 11.5. The Morgan fingerprint density at radius 1 is 1.19 bits per heavy atom. The number of piperidine rings is 1. The maximum Gasteiger partial charge on any atom is 0.410 e. The van der Waals surface area contributed by atoms with Crippen LogP contribution in [0.1, 0.15) is 52.9 Å². The summed E-state index contributed by atoms with van der Waals surface area (Å²) in [6, 6.07) is 0.156. The van der Waals surface area contributed by atoms with Crippen molar-refractivity contribution >= 4 is 47.8 Å². The second-order valence-corrected chi connectivity index (χ2v) is 9.20. The van der Waals surface area contributed by atoms with Crippen LogP contribution >= 0.6 is 35.7 Å². The van der Waals surface area contributed by atoms with Gasteiger partial charge in [0.15, 0.2) is 5.96 Å². The summed E-state index contributed by atoms with van der Waals surface area (Å²) in [5, 5.41) is 7.49. The molecule has 26 heavy (non-hydrogen) atoms. The van der Waals surface area contributed by atoms with Crippen molar-refractivity contribution in [1.82, 2.24) is 15.5 Å². The molecule has 152 valence electrons. The smallest absolute Gasteiger partial charge is 0.410 e. The first-order valence-corrected chi connectivity index (χ1v) is 10.5. The number of halogens is 1. The van der Waals surface area contributed by atoms with E-state index < -0.39 is 5.60 Å². The molecule has 2 rings (SSSR count). The number of carbonyl (C=O) groups excluding carboxylic acids is 1. The minimum atomic E-state index is -0.455. The number of hydrogen-bond donors (Lipinski definition) is 2.